The van der Waals surface area contributed by atoms with Crippen LogP contribution in [0.5, 0.6) is 0 Å². The molecule has 1 atom stereocenters. The molecular formula is C17H24BClN2O3. The van der Waals surface area contributed by atoms with Crippen LogP contribution >= 0.6 is 11.6 Å². The average Bonchev–Trinajstić information content (AvgIpc) is 3.00. The van der Waals surface area contributed by atoms with Crippen molar-refractivity contribution >= 4 is 30.1 Å². The van der Waals surface area contributed by atoms with Crippen molar-refractivity contribution in [2.45, 2.75) is 51.4 Å². The molecule has 2 aliphatic rings. The second kappa shape index (κ2) is 6.02. The van der Waals surface area contributed by atoms with Crippen molar-refractivity contribution < 1.29 is 14.1 Å². The number of amides is 1. The molecule has 24 heavy (non-hydrogen) atoms. The minimum atomic E-state index is -0.587. The number of hydrogen-bond donors (Lipinski definition) is 1. The Kier molecular flexibility index (Phi) is 4.45. The second-order valence-electron chi connectivity index (χ2n) is 7.62. The Balaban J connectivity index is 1.86. The average molecular weight is 351 g/mol. The maximum atomic E-state index is 12.7. The van der Waals surface area contributed by atoms with Gasteiger partial charge in [-0.3, -0.25) is 4.79 Å². The maximum absolute atomic E-state index is 12.7. The van der Waals surface area contributed by atoms with Gasteiger partial charge in [-0.1, -0.05) is 11.6 Å². The van der Waals surface area contributed by atoms with Gasteiger partial charge in [-0.2, -0.15) is 0 Å². The monoisotopic (exact) mass is 350 g/mol. The van der Waals surface area contributed by atoms with Crippen LogP contribution in [0.1, 0.15) is 44.5 Å². The fraction of sp³-hybridized carbons (Fsp3) is 0.588. The highest BCUT2D eigenvalue weighted by Crippen LogP contribution is 2.37. The normalized spacial score (nSPS) is 25.3. The molecule has 0 bridgehead atoms. The quantitative estimate of drug-likeness (QED) is 0.826. The Morgan fingerprint density at radius 1 is 1.29 bits per heavy atom. The summed E-state index contributed by atoms with van der Waals surface area (Å²) in [4.78, 5) is 14.5. The van der Waals surface area contributed by atoms with E-state index in [9.17, 15) is 4.79 Å². The van der Waals surface area contributed by atoms with Gasteiger partial charge in [-0.25, -0.2) is 0 Å². The van der Waals surface area contributed by atoms with E-state index in [4.69, 9.17) is 26.6 Å². The smallest absolute Gasteiger partial charge is 0.399 e. The van der Waals surface area contributed by atoms with Crippen LogP contribution in [0.15, 0.2) is 18.2 Å². The zero-order chi connectivity index (χ0) is 17.7. The highest BCUT2D eigenvalue weighted by Gasteiger charge is 2.52. The molecule has 2 N–H and O–H groups in total. The molecule has 130 valence electrons. The first-order chi connectivity index (χ1) is 11.1. The van der Waals surface area contributed by atoms with E-state index in [2.05, 4.69) is 0 Å². The first kappa shape index (κ1) is 17.7. The van der Waals surface area contributed by atoms with Crippen molar-refractivity contribution in [2.24, 2.45) is 5.73 Å². The Labute approximate surface area is 148 Å². The summed E-state index contributed by atoms with van der Waals surface area (Å²) in [5.41, 5.74) is 6.25. The summed E-state index contributed by atoms with van der Waals surface area (Å²) in [5, 5.41) is 0.531. The molecule has 2 saturated heterocycles. The topological polar surface area (TPSA) is 64.8 Å². The molecule has 1 aromatic rings. The van der Waals surface area contributed by atoms with Gasteiger partial charge in [-0.15, -0.1) is 0 Å². The van der Waals surface area contributed by atoms with Gasteiger partial charge in [0.05, 0.1) is 11.2 Å². The number of carbonyl (C=O) groups is 1. The Hall–Kier alpha value is -1.08. The summed E-state index contributed by atoms with van der Waals surface area (Å²) < 4.78 is 12.1. The summed E-state index contributed by atoms with van der Waals surface area (Å²) in [6.45, 7) is 9.23. The molecule has 2 heterocycles. The lowest BCUT2D eigenvalue weighted by molar-refractivity contribution is 0.00578. The Morgan fingerprint density at radius 2 is 1.92 bits per heavy atom. The van der Waals surface area contributed by atoms with Crippen LogP contribution in [0.2, 0.25) is 5.02 Å². The highest BCUT2D eigenvalue weighted by atomic mass is 35.5. The number of likely N-dealkylation sites (tertiary alicyclic amines) is 1. The van der Waals surface area contributed by atoms with Crippen LogP contribution in [0, 0.1) is 0 Å². The van der Waals surface area contributed by atoms with E-state index in [-0.39, 0.29) is 11.9 Å². The van der Waals surface area contributed by atoms with E-state index in [1.165, 1.54) is 0 Å². The van der Waals surface area contributed by atoms with Gasteiger partial charge < -0.3 is 19.9 Å². The lowest BCUT2D eigenvalue weighted by Crippen LogP contribution is -2.41. The third-order valence-corrected chi connectivity index (χ3v) is 5.61. The molecular weight excluding hydrogens is 326 g/mol. The number of hydrogen-bond acceptors (Lipinski definition) is 4. The van der Waals surface area contributed by atoms with Gasteiger partial charge in [-0.05, 0) is 52.3 Å². The summed E-state index contributed by atoms with van der Waals surface area (Å²) in [7, 11) is -0.587. The SMILES string of the molecule is CC1(C)OB(c2cc(C(=O)N3CCC(N)C3)ccc2Cl)OC1(C)C. The third kappa shape index (κ3) is 3.08. The molecule has 1 amide bonds. The molecule has 0 aromatic heterocycles. The van der Waals surface area contributed by atoms with Gasteiger partial charge in [0.1, 0.15) is 0 Å². The summed E-state index contributed by atoms with van der Waals surface area (Å²) in [5.74, 6) is -0.0302. The molecule has 5 nitrogen and oxygen atoms in total. The van der Waals surface area contributed by atoms with E-state index in [0.29, 0.717) is 29.1 Å². The molecule has 0 aliphatic carbocycles. The minimum Gasteiger partial charge on any atom is -0.399 e. The third-order valence-electron chi connectivity index (χ3n) is 5.26. The van der Waals surface area contributed by atoms with Crippen molar-refractivity contribution in [2.75, 3.05) is 13.1 Å². The Morgan fingerprint density at radius 3 is 2.46 bits per heavy atom. The molecule has 0 spiro atoms. The largest absolute Gasteiger partial charge is 0.496 e. The van der Waals surface area contributed by atoms with E-state index < -0.39 is 18.3 Å². The van der Waals surface area contributed by atoms with Gasteiger partial charge in [0.25, 0.3) is 5.91 Å². The molecule has 0 saturated carbocycles. The first-order valence-electron chi connectivity index (χ1n) is 8.31. The predicted octanol–water partition coefficient (Wildman–Crippen LogP) is 1.81. The van der Waals surface area contributed by atoms with Crippen LogP contribution in [-0.2, 0) is 9.31 Å². The first-order valence-corrected chi connectivity index (χ1v) is 8.68. The van der Waals surface area contributed by atoms with Crippen LogP contribution in [0.25, 0.3) is 0 Å². The van der Waals surface area contributed by atoms with Gasteiger partial charge in [0.2, 0.25) is 0 Å². The molecule has 7 heteroatoms. The standard InChI is InChI=1S/C17H24BClN2O3/c1-16(2)17(3,4)24-18(23-16)13-9-11(5-6-14(13)19)15(22)21-8-7-12(20)10-21/h5-6,9,12H,7-8,10,20H2,1-4H3. The van der Waals surface area contributed by atoms with Crippen LogP contribution in [-0.4, -0.2) is 48.3 Å². The highest BCUT2D eigenvalue weighted by molar-refractivity contribution is 6.65. The van der Waals surface area contributed by atoms with Crippen molar-refractivity contribution in [3.8, 4) is 0 Å². The Bertz CT molecular complexity index is 649. The van der Waals surface area contributed by atoms with Crippen molar-refractivity contribution in [3.63, 3.8) is 0 Å². The van der Waals surface area contributed by atoms with Crippen molar-refractivity contribution in [1.29, 1.82) is 0 Å². The molecule has 1 unspecified atom stereocenters. The molecule has 2 fully saturated rings. The lowest BCUT2D eigenvalue weighted by Gasteiger charge is -2.32. The van der Waals surface area contributed by atoms with E-state index in [1.54, 1.807) is 23.1 Å². The molecule has 1 aromatic carbocycles. The molecule has 3 rings (SSSR count). The minimum absolute atomic E-state index is 0.0302. The second-order valence-corrected chi connectivity index (χ2v) is 8.03. The van der Waals surface area contributed by atoms with E-state index in [1.807, 2.05) is 27.7 Å². The lowest BCUT2D eigenvalue weighted by atomic mass is 9.78. The van der Waals surface area contributed by atoms with Gasteiger partial charge in [0, 0.05) is 35.2 Å². The number of nitrogens with two attached hydrogens (primary N) is 1. The van der Waals surface area contributed by atoms with E-state index in [0.717, 1.165) is 6.42 Å². The zero-order valence-corrected chi connectivity index (χ0v) is 15.4. The molecule has 0 radical (unpaired) electrons. The van der Waals surface area contributed by atoms with Gasteiger partial charge >= 0.3 is 7.12 Å². The summed E-state index contributed by atoms with van der Waals surface area (Å²) in [6, 6.07) is 5.30. The van der Waals surface area contributed by atoms with Crippen LogP contribution < -0.4 is 11.2 Å². The fourth-order valence-electron chi connectivity index (χ4n) is 2.98. The van der Waals surface area contributed by atoms with Crippen molar-refractivity contribution in [1.82, 2.24) is 4.90 Å². The van der Waals surface area contributed by atoms with Crippen LogP contribution in [0.3, 0.4) is 0 Å². The number of halogens is 1. The van der Waals surface area contributed by atoms with Crippen molar-refractivity contribution in [3.05, 3.63) is 28.8 Å². The predicted molar refractivity (Wildman–Crippen MR) is 95.7 cm³/mol. The number of carbonyl (C=O) groups excluding carboxylic acids is 1. The summed E-state index contributed by atoms with van der Waals surface area (Å²) >= 11 is 6.35. The van der Waals surface area contributed by atoms with Crippen LogP contribution in [0.4, 0.5) is 0 Å². The maximum Gasteiger partial charge on any atom is 0.496 e. The van der Waals surface area contributed by atoms with Gasteiger partial charge in [0.15, 0.2) is 0 Å². The zero-order valence-electron chi connectivity index (χ0n) is 14.6. The number of rotatable bonds is 2. The summed E-state index contributed by atoms with van der Waals surface area (Å²) in [6.07, 6.45) is 0.837. The number of benzene rings is 1. The van der Waals surface area contributed by atoms with E-state index >= 15 is 0 Å². The molecule has 2 aliphatic heterocycles. The fourth-order valence-corrected chi connectivity index (χ4v) is 3.19. The number of nitrogens with zero attached hydrogens (tertiary/aromatic N) is 1.